The third-order valence-electron chi connectivity index (χ3n) is 6.46. The molecule has 0 radical (unpaired) electrons. The van der Waals surface area contributed by atoms with Crippen LogP contribution in [-0.2, 0) is 0 Å². The second-order valence-electron chi connectivity index (χ2n) is 8.09. The predicted molar refractivity (Wildman–Crippen MR) is 91.9 cm³/mol. The van der Waals surface area contributed by atoms with E-state index in [2.05, 4.69) is 34.8 Å². The van der Waals surface area contributed by atoms with Crippen molar-refractivity contribution >= 4 is 17.6 Å². The topological polar surface area (TPSA) is 38.4 Å². The standard InChI is InChI=1S/C19H25ClN2/c20-22-18(21)17(16-4-2-1-3-5-16)12-19-9-13-6-14(10-19)8-15(7-13)11-19/h1-5,13-15,17H,6-12H2,(H2,21,22). The Morgan fingerprint density at radius 2 is 1.64 bits per heavy atom. The van der Waals surface area contributed by atoms with Gasteiger partial charge in [-0.05, 0) is 73.7 Å². The summed E-state index contributed by atoms with van der Waals surface area (Å²) in [5, 5.41) is 0. The van der Waals surface area contributed by atoms with Gasteiger partial charge >= 0.3 is 0 Å². The van der Waals surface area contributed by atoms with Gasteiger partial charge in [-0.3, -0.25) is 0 Å². The van der Waals surface area contributed by atoms with Crippen LogP contribution < -0.4 is 5.73 Å². The van der Waals surface area contributed by atoms with E-state index in [0.717, 1.165) is 24.2 Å². The van der Waals surface area contributed by atoms with Crippen molar-refractivity contribution in [2.45, 2.75) is 50.9 Å². The van der Waals surface area contributed by atoms with Gasteiger partial charge in [-0.25, -0.2) is 0 Å². The number of nitrogens with two attached hydrogens (primary N) is 1. The Bertz CT molecular complexity index is 531. The Morgan fingerprint density at radius 1 is 1.09 bits per heavy atom. The number of benzene rings is 1. The molecule has 0 saturated heterocycles. The van der Waals surface area contributed by atoms with Gasteiger partial charge in [-0.15, -0.1) is 0 Å². The molecule has 3 heteroatoms. The summed E-state index contributed by atoms with van der Waals surface area (Å²) in [4.78, 5) is 0. The minimum Gasteiger partial charge on any atom is -0.386 e. The number of hydrogen-bond donors (Lipinski definition) is 1. The fourth-order valence-electron chi connectivity index (χ4n) is 6.11. The van der Waals surface area contributed by atoms with Crippen LogP contribution in [0.5, 0.6) is 0 Å². The van der Waals surface area contributed by atoms with Crippen molar-refractivity contribution in [1.29, 1.82) is 0 Å². The first-order valence-electron chi connectivity index (χ1n) is 8.67. The summed E-state index contributed by atoms with van der Waals surface area (Å²) in [6.45, 7) is 0. The van der Waals surface area contributed by atoms with Crippen LogP contribution in [0.25, 0.3) is 0 Å². The molecule has 0 heterocycles. The second-order valence-corrected chi connectivity index (χ2v) is 8.26. The molecule has 1 aromatic rings. The van der Waals surface area contributed by atoms with E-state index in [1.54, 1.807) is 0 Å². The molecule has 5 rings (SSSR count). The van der Waals surface area contributed by atoms with Gasteiger partial charge in [-0.2, -0.15) is 4.51 Å². The maximum absolute atomic E-state index is 6.20. The zero-order chi connectivity index (χ0) is 15.2. The van der Waals surface area contributed by atoms with Crippen LogP contribution in [0.3, 0.4) is 0 Å². The lowest BCUT2D eigenvalue weighted by molar-refractivity contribution is -0.0582. The molecule has 1 unspecified atom stereocenters. The lowest BCUT2D eigenvalue weighted by atomic mass is 9.48. The van der Waals surface area contributed by atoms with Crippen molar-refractivity contribution in [3.05, 3.63) is 35.9 Å². The number of rotatable bonds is 4. The van der Waals surface area contributed by atoms with Gasteiger partial charge in [0.05, 0.1) is 0 Å². The molecule has 118 valence electrons. The van der Waals surface area contributed by atoms with Crippen LogP contribution in [-0.4, -0.2) is 5.84 Å². The molecule has 4 bridgehead atoms. The van der Waals surface area contributed by atoms with Gasteiger partial charge in [0.1, 0.15) is 5.84 Å². The monoisotopic (exact) mass is 316 g/mol. The molecule has 2 N–H and O–H groups in total. The second kappa shape index (κ2) is 5.56. The van der Waals surface area contributed by atoms with E-state index in [1.165, 1.54) is 44.1 Å². The average Bonchev–Trinajstić information content (AvgIpc) is 2.51. The summed E-state index contributed by atoms with van der Waals surface area (Å²) in [5.41, 5.74) is 7.95. The number of nitrogens with zero attached hydrogens (tertiary/aromatic N) is 1. The minimum atomic E-state index is 0.176. The SMILES string of the molecule is N/C(=N\Cl)C(CC12CC3CC(CC(C3)C1)C2)c1ccccc1. The normalized spacial score (nSPS) is 38.2. The van der Waals surface area contributed by atoms with E-state index >= 15 is 0 Å². The van der Waals surface area contributed by atoms with E-state index in [-0.39, 0.29) is 5.92 Å². The Balaban J connectivity index is 1.62. The van der Waals surface area contributed by atoms with E-state index in [9.17, 15) is 0 Å². The number of amidine groups is 1. The zero-order valence-electron chi connectivity index (χ0n) is 13.0. The number of halogens is 1. The van der Waals surface area contributed by atoms with Gasteiger partial charge in [-0.1, -0.05) is 30.3 Å². The van der Waals surface area contributed by atoms with Gasteiger partial charge in [0, 0.05) is 17.7 Å². The first-order valence-corrected chi connectivity index (χ1v) is 9.00. The molecule has 0 aliphatic heterocycles. The molecule has 1 aromatic carbocycles. The van der Waals surface area contributed by atoms with Crippen molar-refractivity contribution in [1.82, 2.24) is 0 Å². The summed E-state index contributed by atoms with van der Waals surface area (Å²) in [6, 6.07) is 10.6. The average molecular weight is 317 g/mol. The quantitative estimate of drug-likeness (QED) is 0.623. The highest BCUT2D eigenvalue weighted by Gasteiger charge is 2.51. The number of hydrogen-bond acceptors (Lipinski definition) is 1. The highest BCUT2D eigenvalue weighted by molar-refractivity contribution is 6.20. The van der Waals surface area contributed by atoms with E-state index in [1.807, 2.05) is 0 Å². The lowest BCUT2D eigenvalue weighted by Gasteiger charge is -2.57. The summed E-state index contributed by atoms with van der Waals surface area (Å²) >= 11 is 5.75. The largest absolute Gasteiger partial charge is 0.386 e. The van der Waals surface area contributed by atoms with Crippen molar-refractivity contribution in [2.75, 3.05) is 0 Å². The molecule has 22 heavy (non-hydrogen) atoms. The third-order valence-corrected chi connectivity index (χ3v) is 6.65. The smallest absolute Gasteiger partial charge is 0.121 e. The van der Waals surface area contributed by atoms with Crippen molar-refractivity contribution in [3.63, 3.8) is 0 Å². The molecule has 0 aromatic heterocycles. The van der Waals surface area contributed by atoms with E-state index in [0.29, 0.717) is 11.3 Å². The Kier molecular flexibility index (Phi) is 3.68. The zero-order valence-corrected chi connectivity index (χ0v) is 13.8. The summed E-state index contributed by atoms with van der Waals surface area (Å²) in [5.74, 6) is 3.67. The van der Waals surface area contributed by atoms with E-state index < -0.39 is 0 Å². The van der Waals surface area contributed by atoms with Crippen LogP contribution in [0.2, 0.25) is 0 Å². The van der Waals surface area contributed by atoms with Gasteiger partial charge in [0.2, 0.25) is 0 Å². The Hall–Kier alpha value is -1.02. The molecule has 0 spiro atoms. The Labute approximate surface area is 138 Å². The van der Waals surface area contributed by atoms with Crippen molar-refractivity contribution < 1.29 is 0 Å². The lowest BCUT2D eigenvalue weighted by Crippen LogP contribution is -2.47. The van der Waals surface area contributed by atoms with Crippen LogP contribution >= 0.6 is 11.8 Å². The molecule has 4 aliphatic carbocycles. The first kappa shape index (κ1) is 14.6. The first-order chi connectivity index (χ1) is 10.7. The van der Waals surface area contributed by atoms with Crippen molar-refractivity contribution in [3.8, 4) is 0 Å². The van der Waals surface area contributed by atoms with Crippen LogP contribution in [0.1, 0.15) is 56.4 Å². The molecular weight excluding hydrogens is 292 g/mol. The Morgan fingerprint density at radius 3 is 2.14 bits per heavy atom. The molecule has 1 atom stereocenters. The maximum atomic E-state index is 6.20. The molecule has 4 aliphatic rings. The fraction of sp³-hybridized carbons (Fsp3) is 0.632. The van der Waals surface area contributed by atoms with Crippen LogP contribution in [0, 0.1) is 23.2 Å². The molecule has 4 saturated carbocycles. The van der Waals surface area contributed by atoms with Crippen molar-refractivity contribution in [2.24, 2.45) is 33.4 Å². The van der Waals surface area contributed by atoms with Crippen LogP contribution in [0.4, 0.5) is 0 Å². The molecule has 2 nitrogen and oxygen atoms in total. The van der Waals surface area contributed by atoms with Gasteiger partial charge in [0.25, 0.3) is 0 Å². The highest BCUT2D eigenvalue weighted by atomic mass is 35.5. The summed E-state index contributed by atoms with van der Waals surface area (Å²) in [7, 11) is 0. The summed E-state index contributed by atoms with van der Waals surface area (Å²) in [6.07, 6.45) is 9.77. The highest BCUT2D eigenvalue weighted by Crippen LogP contribution is 2.62. The summed E-state index contributed by atoms with van der Waals surface area (Å²) < 4.78 is 3.83. The fourth-order valence-corrected chi connectivity index (χ4v) is 6.23. The van der Waals surface area contributed by atoms with Gasteiger partial charge < -0.3 is 5.73 Å². The maximum Gasteiger partial charge on any atom is 0.121 e. The molecule has 4 fully saturated rings. The predicted octanol–water partition coefficient (Wildman–Crippen LogP) is 4.89. The molecule has 0 amide bonds. The molecular formula is C19H25ClN2. The van der Waals surface area contributed by atoms with Gasteiger partial charge in [0.15, 0.2) is 0 Å². The minimum absolute atomic E-state index is 0.176. The van der Waals surface area contributed by atoms with Crippen LogP contribution in [0.15, 0.2) is 34.8 Å². The van der Waals surface area contributed by atoms with E-state index in [4.69, 9.17) is 17.5 Å². The third kappa shape index (κ3) is 2.56.